The van der Waals surface area contributed by atoms with E-state index in [9.17, 15) is 5.26 Å². The van der Waals surface area contributed by atoms with Crippen molar-refractivity contribution in [3.8, 4) is 23.1 Å². The predicted octanol–water partition coefficient (Wildman–Crippen LogP) is 4.42. The number of hydrogen-bond donors (Lipinski definition) is 2. The lowest BCUT2D eigenvalue weighted by Gasteiger charge is -2.09. The first-order chi connectivity index (χ1) is 14.3. The number of nitriles is 1. The van der Waals surface area contributed by atoms with Crippen LogP contribution in [0.5, 0.6) is 5.75 Å². The summed E-state index contributed by atoms with van der Waals surface area (Å²) in [5.41, 5.74) is 3.97. The highest BCUT2D eigenvalue weighted by molar-refractivity contribution is 5.95. The Morgan fingerprint density at radius 3 is 2.93 bits per heavy atom. The van der Waals surface area contributed by atoms with Gasteiger partial charge < -0.3 is 10.1 Å². The van der Waals surface area contributed by atoms with Crippen LogP contribution >= 0.6 is 0 Å². The molecule has 1 aliphatic rings. The van der Waals surface area contributed by atoms with E-state index in [1.54, 1.807) is 24.7 Å². The maximum atomic E-state index is 9.48. The molecular formula is C22H18N6O. The topological polar surface area (TPSA) is 99.5 Å². The Hall–Kier alpha value is -3.92. The Labute approximate surface area is 167 Å². The molecule has 2 heterocycles. The molecule has 1 saturated carbocycles. The van der Waals surface area contributed by atoms with E-state index in [0.29, 0.717) is 29.7 Å². The molecule has 2 aromatic heterocycles. The molecule has 0 spiro atoms. The smallest absolute Gasteiger partial charge is 0.148 e. The fraction of sp³-hybridized carbons (Fsp3) is 0.182. The van der Waals surface area contributed by atoms with Crippen LogP contribution in [0.25, 0.3) is 22.2 Å². The number of aromatic amines is 1. The molecule has 1 aliphatic carbocycles. The molecule has 0 saturated heterocycles. The number of anilines is 2. The third-order valence-electron chi connectivity index (χ3n) is 4.93. The number of fused-ring (bicyclic) bond motifs is 1. The zero-order valence-electron chi connectivity index (χ0n) is 15.6. The van der Waals surface area contributed by atoms with E-state index in [0.717, 1.165) is 27.8 Å². The largest absolute Gasteiger partial charge is 0.492 e. The molecule has 7 nitrogen and oxygen atoms in total. The second-order valence-electron chi connectivity index (χ2n) is 7.13. The summed E-state index contributed by atoms with van der Waals surface area (Å²) in [7, 11) is 0. The van der Waals surface area contributed by atoms with Crippen LogP contribution < -0.4 is 10.1 Å². The van der Waals surface area contributed by atoms with E-state index >= 15 is 0 Å². The summed E-state index contributed by atoms with van der Waals surface area (Å²) in [5.74, 6) is 1.90. The summed E-state index contributed by atoms with van der Waals surface area (Å²) in [6.07, 6.45) is 7.35. The van der Waals surface area contributed by atoms with Crippen molar-refractivity contribution in [2.24, 2.45) is 5.92 Å². The zero-order chi connectivity index (χ0) is 19.6. The summed E-state index contributed by atoms with van der Waals surface area (Å²) in [5, 5.41) is 21.2. The summed E-state index contributed by atoms with van der Waals surface area (Å²) in [4.78, 5) is 8.32. The number of benzene rings is 2. The van der Waals surface area contributed by atoms with Crippen LogP contribution in [0.15, 0.2) is 55.0 Å². The fourth-order valence-electron chi connectivity index (χ4n) is 3.22. The molecule has 0 aliphatic heterocycles. The first-order valence-electron chi connectivity index (χ1n) is 9.48. The van der Waals surface area contributed by atoms with Crippen LogP contribution in [0, 0.1) is 17.2 Å². The second kappa shape index (κ2) is 7.24. The number of nitrogens with zero attached hydrogens (tertiary/aromatic N) is 4. The minimum absolute atomic E-state index is 0.520. The Kier molecular flexibility index (Phi) is 4.30. The van der Waals surface area contributed by atoms with E-state index in [1.165, 1.54) is 12.8 Å². The van der Waals surface area contributed by atoms with Gasteiger partial charge in [0.2, 0.25) is 0 Å². The molecule has 2 N–H and O–H groups in total. The van der Waals surface area contributed by atoms with Gasteiger partial charge in [-0.2, -0.15) is 10.4 Å². The average Bonchev–Trinajstić information content (AvgIpc) is 3.50. The normalized spacial score (nSPS) is 13.2. The van der Waals surface area contributed by atoms with Crippen molar-refractivity contribution in [3.05, 3.63) is 60.6 Å². The van der Waals surface area contributed by atoms with Gasteiger partial charge in [-0.25, -0.2) is 4.98 Å². The Morgan fingerprint density at radius 1 is 1.21 bits per heavy atom. The molecule has 142 valence electrons. The molecule has 0 unspecified atom stereocenters. The quantitative estimate of drug-likeness (QED) is 0.512. The lowest BCUT2D eigenvalue weighted by molar-refractivity contribution is 0.299. The van der Waals surface area contributed by atoms with Crippen LogP contribution in [0.3, 0.4) is 0 Å². The number of hydrogen-bond acceptors (Lipinski definition) is 6. The molecule has 0 amide bonds. The fourth-order valence-corrected chi connectivity index (χ4v) is 3.22. The number of rotatable bonds is 6. The molecule has 29 heavy (non-hydrogen) atoms. The minimum Gasteiger partial charge on any atom is -0.492 e. The molecule has 1 fully saturated rings. The van der Waals surface area contributed by atoms with Crippen molar-refractivity contribution in [2.75, 3.05) is 11.9 Å². The highest BCUT2D eigenvalue weighted by Gasteiger charge is 2.23. The first-order valence-corrected chi connectivity index (χ1v) is 9.48. The molecule has 0 bridgehead atoms. The summed E-state index contributed by atoms with van der Waals surface area (Å²) >= 11 is 0. The van der Waals surface area contributed by atoms with Crippen molar-refractivity contribution < 1.29 is 4.74 Å². The van der Waals surface area contributed by atoms with Gasteiger partial charge in [0.15, 0.2) is 0 Å². The highest BCUT2D eigenvalue weighted by Crippen LogP contribution is 2.35. The van der Waals surface area contributed by atoms with Gasteiger partial charge in [0.25, 0.3) is 0 Å². The minimum atomic E-state index is 0.520. The summed E-state index contributed by atoms with van der Waals surface area (Å²) < 4.78 is 5.93. The maximum Gasteiger partial charge on any atom is 0.148 e. The molecule has 0 atom stereocenters. The SMILES string of the molecule is N#Cc1cc2[nH]nc(-c3cccc(Nc4cnccn4)c3)c2cc1OCC1CC1. The van der Waals surface area contributed by atoms with E-state index in [1.807, 2.05) is 30.3 Å². The van der Waals surface area contributed by atoms with Gasteiger partial charge in [-0.1, -0.05) is 12.1 Å². The molecule has 2 aromatic carbocycles. The lowest BCUT2D eigenvalue weighted by atomic mass is 10.0. The van der Waals surface area contributed by atoms with Crippen molar-refractivity contribution in [1.29, 1.82) is 5.26 Å². The maximum absolute atomic E-state index is 9.48. The van der Waals surface area contributed by atoms with Crippen molar-refractivity contribution in [3.63, 3.8) is 0 Å². The average molecular weight is 382 g/mol. The van der Waals surface area contributed by atoms with E-state index < -0.39 is 0 Å². The van der Waals surface area contributed by atoms with E-state index in [2.05, 4.69) is 31.6 Å². The molecule has 0 radical (unpaired) electrons. The third kappa shape index (κ3) is 3.60. The van der Waals surface area contributed by atoms with Gasteiger partial charge in [-0.15, -0.1) is 0 Å². The van der Waals surface area contributed by atoms with E-state index in [-0.39, 0.29) is 0 Å². The monoisotopic (exact) mass is 382 g/mol. The van der Waals surface area contributed by atoms with Gasteiger partial charge in [0.05, 0.1) is 23.9 Å². The van der Waals surface area contributed by atoms with Gasteiger partial charge in [0, 0.05) is 29.0 Å². The van der Waals surface area contributed by atoms with Crippen LogP contribution in [-0.2, 0) is 0 Å². The molecule has 4 aromatic rings. The van der Waals surface area contributed by atoms with Gasteiger partial charge in [-0.3, -0.25) is 10.1 Å². The van der Waals surface area contributed by atoms with Gasteiger partial charge >= 0.3 is 0 Å². The Bertz CT molecular complexity index is 1210. The summed E-state index contributed by atoms with van der Waals surface area (Å²) in [6, 6.07) is 13.9. The Balaban J connectivity index is 1.50. The van der Waals surface area contributed by atoms with Crippen LogP contribution in [-0.4, -0.2) is 26.8 Å². The van der Waals surface area contributed by atoms with Crippen molar-refractivity contribution >= 4 is 22.4 Å². The number of ether oxygens (including phenoxy) is 1. The predicted molar refractivity (Wildman–Crippen MR) is 110 cm³/mol. The van der Waals surface area contributed by atoms with Crippen LogP contribution in [0.1, 0.15) is 18.4 Å². The number of nitrogens with one attached hydrogen (secondary N) is 2. The Morgan fingerprint density at radius 2 is 2.14 bits per heavy atom. The van der Waals surface area contributed by atoms with Crippen LogP contribution in [0.4, 0.5) is 11.5 Å². The third-order valence-corrected chi connectivity index (χ3v) is 4.93. The first kappa shape index (κ1) is 17.2. The molecular weight excluding hydrogens is 364 g/mol. The van der Waals surface area contributed by atoms with Gasteiger partial charge in [-0.05, 0) is 43.0 Å². The standard InChI is InChI=1S/C22H18N6O/c23-11-16-9-19-18(10-20(16)29-13-14-4-5-14)22(28-27-19)15-2-1-3-17(8-15)26-21-12-24-6-7-25-21/h1-3,6-10,12,14H,4-5,13H2,(H,25,26)(H,27,28). The summed E-state index contributed by atoms with van der Waals surface area (Å²) in [6.45, 7) is 0.658. The van der Waals surface area contributed by atoms with Crippen LogP contribution in [0.2, 0.25) is 0 Å². The number of aromatic nitrogens is 4. The number of H-pyrrole nitrogens is 1. The van der Waals surface area contributed by atoms with Crippen molar-refractivity contribution in [2.45, 2.75) is 12.8 Å². The molecule has 7 heteroatoms. The zero-order valence-corrected chi connectivity index (χ0v) is 15.6. The molecule has 5 rings (SSSR count). The lowest BCUT2D eigenvalue weighted by Crippen LogP contribution is -2.00. The van der Waals surface area contributed by atoms with Crippen molar-refractivity contribution in [1.82, 2.24) is 20.2 Å². The van der Waals surface area contributed by atoms with Gasteiger partial charge in [0.1, 0.15) is 23.3 Å². The van der Waals surface area contributed by atoms with E-state index in [4.69, 9.17) is 4.74 Å². The highest BCUT2D eigenvalue weighted by atomic mass is 16.5. The second-order valence-corrected chi connectivity index (χ2v) is 7.13.